The first kappa shape index (κ1) is 17.1. The van der Waals surface area contributed by atoms with Crippen molar-refractivity contribution in [3.8, 4) is 16.9 Å². The zero-order chi connectivity index (χ0) is 19.0. The molecule has 1 aliphatic rings. The molecule has 0 fully saturated rings. The van der Waals surface area contributed by atoms with Gasteiger partial charge in [-0.15, -0.1) is 0 Å². The maximum Gasteiger partial charge on any atom is 0.407 e. The summed E-state index contributed by atoms with van der Waals surface area (Å²) in [5, 5.41) is 16.7. The number of carbonyl (C=O) groups is 1. The van der Waals surface area contributed by atoms with Gasteiger partial charge in [0.05, 0.1) is 12.2 Å². The van der Waals surface area contributed by atoms with Gasteiger partial charge in [0, 0.05) is 13.0 Å². The second-order valence-corrected chi connectivity index (χ2v) is 6.76. The maximum absolute atomic E-state index is 12.3. The summed E-state index contributed by atoms with van der Waals surface area (Å²) in [5.41, 5.74) is 5.12. The number of rotatable bonds is 4. The lowest BCUT2D eigenvalue weighted by Gasteiger charge is -2.16. The number of hydrogen-bond donors (Lipinski definition) is 2. The number of nitrogens with one attached hydrogen (secondary N) is 1. The first-order valence-corrected chi connectivity index (χ1v) is 8.88. The SMILES string of the molecule is CC(NC(=O)OCC1c2ccccc2-c2ccccc21)c1nn(C)cc1O. The Morgan fingerprint density at radius 1 is 1.19 bits per heavy atom. The molecule has 1 unspecified atom stereocenters. The van der Waals surface area contributed by atoms with Gasteiger partial charge in [-0.25, -0.2) is 4.79 Å². The van der Waals surface area contributed by atoms with E-state index in [2.05, 4.69) is 34.7 Å². The van der Waals surface area contributed by atoms with Crippen molar-refractivity contribution in [2.45, 2.75) is 18.9 Å². The van der Waals surface area contributed by atoms with E-state index in [0.29, 0.717) is 5.69 Å². The van der Waals surface area contributed by atoms with Crippen molar-refractivity contribution in [1.29, 1.82) is 0 Å². The summed E-state index contributed by atoms with van der Waals surface area (Å²) >= 11 is 0. The minimum absolute atomic E-state index is 0.0155. The Hall–Kier alpha value is -3.28. The lowest BCUT2D eigenvalue weighted by molar-refractivity contribution is 0.139. The topological polar surface area (TPSA) is 76.4 Å². The zero-order valence-corrected chi connectivity index (χ0v) is 15.2. The number of aromatic hydroxyl groups is 1. The highest BCUT2D eigenvalue weighted by Crippen LogP contribution is 2.44. The fraction of sp³-hybridized carbons (Fsp3) is 0.238. The van der Waals surface area contributed by atoms with E-state index in [-0.39, 0.29) is 18.3 Å². The van der Waals surface area contributed by atoms with E-state index in [0.717, 1.165) is 0 Å². The van der Waals surface area contributed by atoms with Crippen LogP contribution in [0.1, 0.15) is 35.7 Å². The summed E-state index contributed by atoms with van der Waals surface area (Å²) in [6.07, 6.45) is 0.958. The summed E-state index contributed by atoms with van der Waals surface area (Å²) in [4.78, 5) is 12.3. The van der Waals surface area contributed by atoms with Gasteiger partial charge in [-0.3, -0.25) is 4.68 Å². The number of benzene rings is 2. The van der Waals surface area contributed by atoms with Crippen LogP contribution in [0.5, 0.6) is 5.75 Å². The molecular weight excluding hydrogens is 342 g/mol. The normalized spacial score (nSPS) is 13.7. The van der Waals surface area contributed by atoms with Crippen molar-refractivity contribution >= 4 is 6.09 Å². The van der Waals surface area contributed by atoms with Crippen LogP contribution in [-0.2, 0) is 11.8 Å². The van der Waals surface area contributed by atoms with E-state index < -0.39 is 12.1 Å². The second-order valence-electron chi connectivity index (χ2n) is 6.76. The lowest BCUT2D eigenvalue weighted by atomic mass is 9.98. The average Bonchev–Trinajstić information content (AvgIpc) is 3.17. The number of aryl methyl sites for hydroxylation is 1. The van der Waals surface area contributed by atoms with Gasteiger partial charge in [0.2, 0.25) is 0 Å². The van der Waals surface area contributed by atoms with Gasteiger partial charge in [-0.05, 0) is 29.2 Å². The number of fused-ring (bicyclic) bond motifs is 3. The van der Waals surface area contributed by atoms with Crippen LogP contribution in [0.3, 0.4) is 0 Å². The molecular formula is C21H21N3O3. The summed E-state index contributed by atoms with van der Waals surface area (Å²) in [5.74, 6) is 0.0608. The van der Waals surface area contributed by atoms with E-state index in [1.54, 1.807) is 14.0 Å². The van der Waals surface area contributed by atoms with Crippen LogP contribution in [0.2, 0.25) is 0 Å². The Kier molecular flexibility index (Phi) is 4.32. The molecule has 6 nitrogen and oxygen atoms in total. The number of alkyl carbamates (subject to hydrolysis) is 1. The number of hydrogen-bond acceptors (Lipinski definition) is 4. The second kappa shape index (κ2) is 6.79. The highest BCUT2D eigenvalue weighted by Gasteiger charge is 2.29. The molecule has 0 spiro atoms. The molecule has 2 N–H and O–H groups in total. The van der Waals surface area contributed by atoms with Gasteiger partial charge in [0.1, 0.15) is 12.3 Å². The van der Waals surface area contributed by atoms with Gasteiger partial charge in [0.15, 0.2) is 5.75 Å². The summed E-state index contributed by atoms with van der Waals surface area (Å²) in [6.45, 7) is 2.00. The predicted octanol–water partition coefficient (Wildman–Crippen LogP) is 3.73. The molecule has 0 bridgehead atoms. The Morgan fingerprint density at radius 3 is 2.33 bits per heavy atom. The Bertz CT molecular complexity index is 950. The van der Waals surface area contributed by atoms with Gasteiger partial charge in [0.25, 0.3) is 0 Å². The third-order valence-corrected chi connectivity index (χ3v) is 4.93. The summed E-state index contributed by atoms with van der Waals surface area (Å²) < 4.78 is 7.01. The molecule has 3 aromatic rings. The molecule has 0 saturated carbocycles. The molecule has 6 heteroatoms. The van der Waals surface area contributed by atoms with Crippen LogP contribution < -0.4 is 5.32 Å². The molecule has 0 saturated heterocycles. The highest BCUT2D eigenvalue weighted by atomic mass is 16.5. The molecule has 1 aliphatic carbocycles. The van der Waals surface area contributed by atoms with Crippen molar-refractivity contribution in [1.82, 2.24) is 15.1 Å². The first-order valence-electron chi connectivity index (χ1n) is 8.88. The Morgan fingerprint density at radius 2 is 1.78 bits per heavy atom. The predicted molar refractivity (Wildman–Crippen MR) is 101 cm³/mol. The zero-order valence-electron chi connectivity index (χ0n) is 15.2. The monoisotopic (exact) mass is 363 g/mol. The van der Waals surface area contributed by atoms with Gasteiger partial charge in [-0.2, -0.15) is 5.10 Å². The quantitative estimate of drug-likeness (QED) is 0.741. The van der Waals surface area contributed by atoms with Crippen molar-refractivity contribution in [3.05, 3.63) is 71.5 Å². The Labute approximate surface area is 157 Å². The van der Waals surface area contributed by atoms with Crippen LogP contribution in [-0.4, -0.2) is 27.6 Å². The van der Waals surface area contributed by atoms with Crippen LogP contribution in [0.4, 0.5) is 4.79 Å². The van der Waals surface area contributed by atoms with Crippen molar-refractivity contribution in [2.75, 3.05) is 6.61 Å². The van der Waals surface area contributed by atoms with Crippen LogP contribution in [0, 0.1) is 0 Å². The fourth-order valence-electron chi connectivity index (χ4n) is 3.69. The largest absolute Gasteiger partial charge is 0.504 e. The lowest BCUT2D eigenvalue weighted by Crippen LogP contribution is -2.29. The molecule has 0 aliphatic heterocycles. The van der Waals surface area contributed by atoms with Crippen molar-refractivity contribution in [2.24, 2.45) is 7.05 Å². The number of carbonyl (C=O) groups excluding carboxylic acids is 1. The average molecular weight is 363 g/mol. The Balaban J connectivity index is 1.46. The minimum atomic E-state index is -0.533. The third-order valence-electron chi connectivity index (χ3n) is 4.93. The maximum atomic E-state index is 12.3. The smallest absolute Gasteiger partial charge is 0.407 e. The number of aromatic nitrogens is 2. The molecule has 4 rings (SSSR count). The van der Waals surface area contributed by atoms with E-state index in [1.165, 1.54) is 33.1 Å². The van der Waals surface area contributed by atoms with E-state index >= 15 is 0 Å². The summed E-state index contributed by atoms with van der Waals surface area (Å²) in [6, 6.07) is 15.9. The molecule has 2 aromatic carbocycles. The van der Waals surface area contributed by atoms with Gasteiger partial charge < -0.3 is 15.2 Å². The molecule has 27 heavy (non-hydrogen) atoms. The fourth-order valence-corrected chi connectivity index (χ4v) is 3.69. The molecule has 1 atom stereocenters. The van der Waals surface area contributed by atoms with Crippen LogP contribution >= 0.6 is 0 Å². The van der Waals surface area contributed by atoms with Crippen LogP contribution in [0.25, 0.3) is 11.1 Å². The number of nitrogens with zero attached hydrogens (tertiary/aromatic N) is 2. The minimum Gasteiger partial charge on any atom is -0.504 e. The van der Waals surface area contributed by atoms with Crippen molar-refractivity contribution < 1.29 is 14.6 Å². The standard InChI is InChI=1S/C21H21N3O3/c1-13(20-19(25)11-24(2)23-20)22-21(26)27-12-18-16-9-5-3-7-14(16)15-8-4-6-10-17(15)18/h3-11,13,18,25H,12H2,1-2H3,(H,22,26). The molecule has 1 amide bonds. The van der Waals surface area contributed by atoms with Crippen molar-refractivity contribution in [3.63, 3.8) is 0 Å². The van der Waals surface area contributed by atoms with Gasteiger partial charge in [-0.1, -0.05) is 48.5 Å². The van der Waals surface area contributed by atoms with E-state index in [4.69, 9.17) is 4.74 Å². The number of amides is 1. The third kappa shape index (κ3) is 3.14. The molecule has 1 aromatic heterocycles. The van der Waals surface area contributed by atoms with Crippen LogP contribution in [0.15, 0.2) is 54.7 Å². The van der Waals surface area contributed by atoms with E-state index in [9.17, 15) is 9.90 Å². The molecule has 0 radical (unpaired) electrons. The van der Waals surface area contributed by atoms with E-state index in [1.807, 2.05) is 24.3 Å². The number of ether oxygens (including phenoxy) is 1. The highest BCUT2D eigenvalue weighted by molar-refractivity contribution is 5.79. The van der Waals surface area contributed by atoms with Gasteiger partial charge >= 0.3 is 6.09 Å². The molecule has 138 valence electrons. The first-order chi connectivity index (χ1) is 13.0. The molecule has 1 heterocycles. The summed E-state index contributed by atoms with van der Waals surface area (Å²) in [7, 11) is 1.71.